The van der Waals surface area contributed by atoms with Gasteiger partial charge in [0.05, 0.1) is 5.39 Å². The zero-order valence-corrected chi connectivity index (χ0v) is 7.04. The third kappa shape index (κ3) is 1.07. The smallest absolute Gasteiger partial charge is 0.257 e. The van der Waals surface area contributed by atoms with Crippen LogP contribution in [-0.2, 0) is 0 Å². The molecule has 0 aliphatic carbocycles. The van der Waals surface area contributed by atoms with Crippen LogP contribution in [0.2, 0.25) is 0 Å². The largest absolute Gasteiger partial charge is 0.329 e. The lowest BCUT2D eigenvalue weighted by atomic mass is 10.1. The van der Waals surface area contributed by atoms with Gasteiger partial charge in [0.1, 0.15) is 17.4 Å². The monoisotopic (exact) mass is 188 g/mol. The Labute approximate surface area is 78.4 Å². The number of benzene rings is 1. The van der Waals surface area contributed by atoms with Gasteiger partial charge in [-0.05, 0) is 17.5 Å². The van der Waals surface area contributed by atoms with Crippen molar-refractivity contribution in [2.45, 2.75) is 0 Å². The van der Waals surface area contributed by atoms with Gasteiger partial charge in [0, 0.05) is 6.20 Å². The van der Waals surface area contributed by atoms with Crippen LogP contribution in [0.25, 0.3) is 10.8 Å². The zero-order chi connectivity index (χ0) is 10.1. The lowest BCUT2D eigenvalue weighted by molar-refractivity contribution is 0.626. The third-order valence-electron chi connectivity index (χ3n) is 2.00. The highest BCUT2D eigenvalue weighted by Crippen LogP contribution is 2.16. The van der Waals surface area contributed by atoms with E-state index in [-0.39, 0.29) is 10.9 Å². The summed E-state index contributed by atoms with van der Waals surface area (Å²) in [5.74, 6) is -0.670. The number of nitrogens with one attached hydrogen (secondary N) is 1. The van der Waals surface area contributed by atoms with Crippen molar-refractivity contribution in [3.8, 4) is 6.07 Å². The summed E-state index contributed by atoms with van der Waals surface area (Å²) in [4.78, 5) is 13.7. The van der Waals surface area contributed by atoms with E-state index < -0.39 is 11.4 Å². The highest BCUT2D eigenvalue weighted by molar-refractivity contribution is 5.86. The minimum Gasteiger partial charge on any atom is -0.329 e. The topological polar surface area (TPSA) is 56.6 Å². The number of H-pyrrole nitrogens is 1. The second-order valence-electron chi connectivity index (χ2n) is 2.81. The van der Waals surface area contributed by atoms with Gasteiger partial charge in [-0.2, -0.15) is 5.26 Å². The number of nitriles is 1. The fraction of sp³-hybridized carbons (Fsp3) is 0. The zero-order valence-electron chi connectivity index (χ0n) is 7.04. The Morgan fingerprint density at radius 3 is 2.86 bits per heavy atom. The number of aromatic amines is 1. The molecule has 4 heteroatoms. The van der Waals surface area contributed by atoms with Crippen molar-refractivity contribution < 1.29 is 4.39 Å². The SMILES string of the molecule is N#Cc1c(F)ccc2cc[nH]c(=O)c12. The molecule has 0 saturated heterocycles. The van der Waals surface area contributed by atoms with E-state index in [1.807, 2.05) is 0 Å². The van der Waals surface area contributed by atoms with Gasteiger partial charge in [-0.25, -0.2) is 4.39 Å². The van der Waals surface area contributed by atoms with E-state index in [9.17, 15) is 9.18 Å². The van der Waals surface area contributed by atoms with Crippen molar-refractivity contribution in [1.29, 1.82) is 5.26 Å². The van der Waals surface area contributed by atoms with Crippen molar-refractivity contribution in [3.05, 3.63) is 46.1 Å². The molecule has 0 amide bonds. The van der Waals surface area contributed by atoms with Gasteiger partial charge in [0.2, 0.25) is 0 Å². The number of aromatic nitrogens is 1. The molecule has 0 aliphatic heterocycles. The molecule has 0 bridgehead atoms. The molecule has 68 valence electrons. The molecule has 1 heterocycles. The standard InChI is InChI=1S/C10H5FN2O/c11-8-2-1-6-3-4-13-10(14)9(6)7(8)5-12/h1-4H,(H,13,14). The van der Waals surface area contributed by atoms with Gasteiger partial charge in [-0.1, -0.05) is 6.07 Å². The highest BCUT2D eigenvalue weighted by Gasteiger charge is 2.09. The summed E-state index contributed by atoms with van der Waals surface area (Å²) in [5.41, 5.74) is -0.650. The molecule has 0 spiro atoms. The van der Waals surface area contributed by atoms with E-state index >= 15 is 0 Å². The third-order valence-corrected chi connectivity index (χ3v) is 2.00. The molecule has 0 fully saturated rings. The van der Waals surface area contributed by atoms with Gasteiger partial charge in [-0.3, -0.25) is 4.79 Å². The van der Waals surface area contributed by atoms with Crippen LogP contribution in [-0.4, -0.2) is 4.98 Å². The average molecular weight is 188 g/mol. The van der Waals surface area contributed by atoms with E-state index in [4.69, 9.17) is 5.26 Å². The molecule has 14 heavy (non-hydrogen) atoms. The Morgan fingerprint density at radius 1 is 1.36 bits per heavy atom. The van der Waals surface area contributed by atoms with E-state index in [1.54, 1.807) is 12.1 Å². The molecule has 1 aromatic carbocycles. The van der Waals surface area contributed by atoms with Crippen LogP contribution >= 0.6 is 0 Å². The molecule has 2 rings (SSSR count). The van der Waals surface area contributed by atoms with E-state index in [0.29, 0.717) is 5.39 Å². The van der Waals surface area contributed by atoms with Gasteiger partial charge >= 0.3 is 0 Å². The van der Waals surface area contributed by atoms with Crippen molar-refractivity contribution in [2.75, 3.05) is 0 Å². The van der Waals surface area contributed by atoms with Crippen molar-refractivity contribution in [2.24, 2.45) is 0 Å². The van der Waals surface area contributed by atoms with Crippen LogP contribution in [0.4, 0.5) is 4.39 Å². The van der Waals surface area contributed by atoms with Gasteiger partial charge in [-0.15, -0.1) is 0 Å². The summed E-state index contributed by atoms with van der Waals surface area (Å²) in [6.45, 7) is 0. The normalized spacial score (nSPS) is 10.0. The number of halogens is 1. The van der Waals surface area contributed by atoms with Crippen molar-refractivity contribution >= 4 is 10.8 Å². The maximum absolute atomic E-state index is 13.1. The first-order valence-corrected chi connectivity index (χ1v) is 3.94. The van der Waals surface area contributed by atoms with Gasteiger partial charge in [0.15, 0.2) is 0 Å². The molecule has 1 N–H and O–H groups in total. The summed E-state index contributed by atoms with van der Waals surface area (Å²) in [7, 11) is 0. The van der Waals surface area contributed by atoms with Gasteiger partial charge < -0.3 is 4.98 Å². The fourth-order valence-corrected chi connectivity index (χ4v) is 1.37. The van der Waals surface area contributed by atoms with Crippen LogP contribution < -0.4 is 5.56 Å². The first-order valence-electron chi connectivity index (χ1n) is 3.94. The predicted octanol–water partition coefficient (Wildman–Crippen LogP) is 1.54. The summed E-state index contributed by atoms with van der Waals surface area (Å²) >= 11 is 0. The molecular formula is C10H5FN2O. The lowest BCUT2D eigenvalue weighted by Crippen LogP contribution is -2.07. The van der Waals surface area contributed by atoms with Crippen LogP contribution in [0, 0.1) is 17.1 Å². The average Bonchev–Trinajstić information content (AvgIpc) is 2.19. The lowest BCUT2D eigenvalue weighted by Gasteiger charge is -1.98. The Balaban J connectivity index is 3.09. The molecule has 0 unspecified atom stereocenters. The summed E-state index contributed by atoms with van der Waals surface area (Å²) < 4.78 is 13.1. The van der Waals surface area contributed by atoms with Crippen LogP contribution in [0.15, 0.2) is 29.2 Å². The first kappa shape index (κ1) is 8.45. The molecule has 0 radical (unpaired) electrons. The maximum atomic E-state index is 13.1. The van der Waals surface area contributed by atoms with Crippen LogP contribution in [0.1, 0.15) is 5.56 Å². The molecule has 0 aliphatic rings. The Morgan fingerprint density at radius 2 is 2.14 bits per heavy atom. The molecule has 0 atom stereocenters. The van der Waals surface area contributed by atoms with Crippen LogP contribution in [0.3, 0.4) is 0 Å². The Hall–Kier alpha value is -2.15. The molecule has 1 aromatic heterocycles. The number of nitrogens with zero attached hydrogens (tertiary/aromatic N) is 1. The summed E-state index contributed by atoms with van der Waals surface area (Å²) in [6, 6.07) is 5.96. The predicted molar refractivity (Wildman–Crippen MR) is 49.2 cm³/mol. The fourth-order valence-electron chi connectivity index (χ4n) is 1.37. The van der Waals surface area contributed by atoms with Crippen molar-refractivity contribution in [3.63, 3.8) is 0 Å². The molecular weight excluding hydrogens is 183 g/mol. The Bertz CT molecular complexity index is 595. The maximum Gasteiger partial charge on any atom is 0.257 e. The van der Waals surface area contributed by atoms with Crippen LogP contribution in [0.5, 0.6) is 0 Å². The minimum absolute atomic E-state index is 0.106. The first-order chi connectivity index (χ1) is 6.74. The second-order valence-corrected chi connectivity index (χ2v) is 2.81. The van der Waals surface area contributed by atoms with Gasteiger partial charge in [0.25, 0.3) is 5.56 Å². The van der Waals surface area contributed by atoms with E-state index in [2.05, 4.69) is 4.98 Å². The molecule has 0 saturated carbocycles. The highest BCUT2D eigenvalue weighted by atomic mass is 19.1. The second kappa shape index (κ2) is 2.96. The number of hydrogen-bond acceptors (Lipinski definition) is 2. The number of hydrogen-bond donors (Lipinski definition) is 1. The summed E-state index contributed by atoms with van der Waals surface area (Å²) in [6.07, 6.45) is 1.46. The number of rotatable bonds is 0. The molecule has 2 aromatic rings. The minimum atomic E-state index is -0.670. The number of fused-ring (bicyclic) bond motifs is 1. The van der Waals surface area contributed by atoms with Crippen molar-refractivity contribution in [1.82, 2.24) is 4.98 Å². The molecule has 3 nitrogen and oxygen atoms in total. The van der Waals surface area contributed by atoms with E-state index in [0.717, 1.165) is 0 Å². The summed E-state index contributed by atoms with van der Waals surface area (Å²) in [5, 5.41) is 9.37. The Kier molecular flexibility index (Phi) is 1.79. The number of pyridine rings is 1. The van der Waals surface area contributed by atoms with E-state index in [1.165, 1.54) is 18.3 Å². The quantitative estimate of drug-likeness (QED) is 0.681.